The number of nitrogens with zero attached hydrogens (tertiary/aromatic N) is 2. The van der Waals surface area contributed by atoms with Crippen molar-refractivity contribution in [2.75, 3.05) is 39.3 Å². The molecule has 0 aromatic rings. The van der Waals surface area contributed by atoms with Gasteiger partial charge >= 0.3 is 0 Å². The number of rotatable bonds is 5. The fourth-order valence-corrected chi connectivity index (χ4v) is 2.20. The second-order valence-electron chi connectivity index (χ2n) is 4.81. The largest absolute Gasteiger partial charge is 0.395 e. The molecule has 0 bridgehead atoms. The minimum Gasteiger partial charge on any atom is -0.395 e. The molecule has 1 rings (SSSR count). The lowest BCUT2D eigenvalue weighted by Gasteiger charge is -2.36. The maximum Gasteiger partial charge on any atom is 0.239 e. The van der Waals surface area contributed by atoms with Crippen molar-refractivity contribution in [1.29, 1.82) is 0 Å². The van der Waals surface area contributed by atoms with E-state index in [2.05, 4.69) is 10.2 Å². The van der Waals surface area contributed by atoms with E-state index in [1.807, 2.05) is 20.8 Å². The number of carbonyl (C=O) groups excluding carboxylic acids is 1. The molecule has 1 saturated heterocycles. The van der Waals surface area contributed by atoms with Crippen LogP contribution in [0.25, 0.3) is 0 Å². The molecule has 0 spiro atoms. The van der Waals surface area contributed by atoms with Crippen molar-refractivity contribution in [2.45, 2.75) is 32.9 Å². The first-order chi connectivity index (χ1) is 8.07. The van der Waals surface area contributed by atoms with Gasteiger partial charge in [-0.05, 0) is 20.8 Å². The van der Waals surface area contributed by atoms with Crippen molar-refractivity contribution in [3.63, 3.8) is 0 Å². The van der Waals surface area contributed by atoms with Gasteiger partial charge in [0.2, 0.25) is 5.91 Å². The van der Waals surface area contributed by atoms with Gasteiger partial charge in [0, 0.05) is 38.8 Å². The molecular formula is C12H25N3O2. The molecule has 1 atom stereocenters. The number of amides is 1. The summed E-state index contributed by atoms with van der Waals surface area (Å²) in [5.41, 5.74) is 0. The zero-order chi connectivity index (χ0) is 12.8. The Balaban J connectivity index is 2.58. The van der Waals surface area contributed by atoms with Gasteiger partial charge in [-0.25, -0.2) is 0 Å². The van der Waals surface area contributed by atoms with Crippen LogP contribution in [0.15, 0.2) is 0 Å². The lowest BCUT2D eigenvalue weighted by atomic mass is 10.2. The first-order valence-electron chi connectivity index (χ1n) is 6.44. The fourth-order valence-electron chi connectivity index (χ4n) is 2.20. The van der Waals surface area contributed by atoms with Crippen molar-refractivity contribution in [3.8, 4) is 0 Å². The normalized spacial score (nSPS) is 19.4. The van der Waals surface area contributed by atoms with Gasteiger partial charge < -0.3 is 15.3 Å². The molecule has 1 aliphatic heterocycles. The molecule has 5 nitrogen and oxygen atoms in total. The molecule has 5 heteroatoms. The predicted molar refractivity (Wildman–Crippen MR) is 67.8 cm³/mol. The molecule has 1 fully saturated rings. The molecule has 17 heavy (non-hydrogen) atoms. The molecule has 1 unspecified atom stereocenters. The van der Waals surface area contributed by atoms with Crippen molar-refractivity contribution in [3.05, 3.63) is 0 Å². The molecular weight excluding hydrogens is 218 g/mol. The maximum absolute atomic E-state index is 12.3. The Hall–Kier alpha value is -0.650. The van der Waals surface area contributed by atoms with Crippen LogP contribution in [0, 0.1) is 0 Å². The average Bonchev–Trinajstić information content (AvgIpc) is 2.35. The average molecular weight is 243 g/mol. The van der Waals surface area contributed by atoms with E-state index in [1.54, 1.807) is 4.90 Å². The predicted octanol–water partition coefficient (Wildman–Crippen LogP) is -0.491. The van der Waals surface area contributed by atoms with Gasteiger partial charge in [0.25, 0.3) is 0 Å². The van der Waals surface area contributed by atoms with Crippen molar-refractivity contribution >= 4 is 5.91 Å². The molecule has 0 aliphatic carbocycles. The maximum atomic E-state index is 12.3. The van der Waals surface area contributed by atoms with E-state index in [0.29, 0.717) is 6.54 Å². The monoisotopic (exact) mass is 243 g/mol. The number of carbonyl (C=O) groups is 1. The van der Waals surface area contributed by atoms with Crippen LogP contribution in [0.1, 0.15) is 20.8 Å². The lowest BCUT2D eigenvalue weighted by molar-refractivity contribution is -0.139. The van der Waals surface area contributed by atoms with Crippen LogP contribution in [0.4, 0.5) is 0 Å². The second-order valence-corrected chi connectivity index (χ2v) is 4.81. The lowest BCUT2D eigenvalue weighted by Crippen LogP contribution is -2.55. The minimum atomic E-state index is -0.0916. The first-order valence-corrected chi connectivity index (χ1v) is 6.44. The Morgan fingerprint density at radius 3 is 2.41 bits per heavy atom. The summed E-state index contributed by atoms with van der Waals surface area (Å²) in [6, 6.07) is 0.0473. The fraction of sp³-hybridized carbons (Fsp3) is 0.917. The first kappa shape index (κ1) is 14.4. The van der Waals surface area contributed by atoms with Gasteiger partial charge in [-0.3, -0.25) is 9.69 Å². The van der Waals surface area contributed by atoms with Crippen LogP contribution in [-0.2, 0) is 4.79 Å². The van der Waals surface area contributed by atoms with Crippen molar-refractivity contribution in [1.82, 2.24) is 15.1 Å². The summed E-state index contributed by atoms with van der Waals surface area (Å²) in [4.78, 5) is 16.3. The highest BCUT2D eigenvalue weighted by Gasteiger charge is 2.27. The Morgan fingerprint density at radius 1 is 1.35 bits per heavy atom. The van der Waals surface area contributed by atoms with Crippen LogP contribution < -0.4 is 5.32 Å². The van der Waals surface area contributed by atoms with Crippen LogP contribution in [0.3, 0.4) is 0 Å². The minimum absolute atomic E-state index is 0.0260. The molecule has 2 N–H and O–H groups in total. The summed E-state index contributed by atoms with van der Waals surface area (Å²) in [5, 5.41) is 12.3. The SMILES string of the molecule is CC(C(=O)N(CCO)C(C)C)N1CCNCC1. The molecule has 1 heterocycles. The van der Waals surface area contributed by atoms with Crippen molar-refractivity contribution < 1.29 is 9.90 Å². The summed E-state index contributed by atoms with van der Waals surface area (Å²) in [5.74, 6) is 0.121. The van der Waals surface area contributed by atoms with E-state index in [1.165, 1.54) is 0 Å². The highest BCUT2D eigenvalue weighted by molar-refractivity contribution is 5.81. The third kappa shape index (κ3) is 3.94. The number of nitrogens with one attached hydrogen (secondary N) is 1. The molecule has 0 aromatic heterocycles. The summed E-state index contributed by atoms with van der Waals surface area (Å²) in [6.45, 7) is 10.1. The second kappa shape index (κ2) is 6.93. The summed E-state index contributed by atoms with van der Waals surface area (Å²) >= 11 is 0. The van der Waals surface area contributed by atoms with Crippen molar-refractivity contribution in [2.24, 2.45) is 0 Å². The van der Waals surface area contributed by atoms with Gasteiger partial charge in [0.15, 0.2) is 0 Å². The zero-order valence-electron chi connectivity index (χ0n) is 11.1. The van der Waals surface area contributed by atoms with Crippen LogP contribution in [-0.4, -0.2) is 72.2 Å². The topological polar surface area (TPSA) is 55.8 Å². The van der Waals surface area contributed by atoms with Gasteiger partial charge in [-0.2, -0.15) is 0 Å². The Bertz CT molecular complexity index is 240. The summed E-state index contributed by atoms with van der Waals surface area (Å²) in [6.07, 6.45) is 0. The van der Waals surface area contributed by atoms with Crippen LogP contribution in [0.5, 0.6) is 0 Å². The van der Waals surface area contributed by atoms with E-state index in [-0.39, 0.29) is 24.6 Å². The smallest absolute Gasteiger partial charge is 0.239 e. The van der Waals surface area contributed by atoms with Crippen LogP contribution in [0.2, 0.25) is 0 Å². The Kier molecular flexibility index (Phi) is 5.88. The van der Waals surface area contributed by atoms with E-state index >= 15 is 0 Å². The molecule has 0 radical (unpaired) electrons. The van der Waals surface area contributed by atoms with Gasteiger partial charge in [-0.15, -0.1) is 0 Å². The number of piperazine rings is 1. The number of aliphatic hydroxyl groups is 1. The zero-order valence-corrected chi connectivity index (χ0v) is 11.1. The summed E-state index contributed by atoms with van der Waals surface area (Å²) < 4.78 is 0. The van der Waals surface area contributed by atoms with E-state index in [4.69, 9.17) is 5.11 Å². The third-order valence-corrected chi connectivity index (χ3v) is 3.30. The number of hydrogen-bond donors (Lipinski definition) is 2. The van der Waals surface area contributed by atoms with Crippen LogP contribution >= 0.6 is 0 Å². The number of hydrogen-bond acceptors (Lipinski definition) is 4. The van der Waals surface area contributed by atoms with E-state index in [9.17, 15) is 4.79 Å². The molecule has 100 valence electrons. The Labute approximate surface area is 104 Å². The molecule has 1 aliphatic rings. The molecule has 1 amide bonds. The molecule has 0 saturated carbocycles. The third-order valence-electron chi connectivity index (χ3n) is 3.30. The highest BCUT2D eigenvalue weighted by atomic mass is 16.3. The molecule has 0 aromatic carbocycles. The highest BCUT2D eigenvalue weighted by Crippen LogP contribution is 2.08. The van der Waals surface area contributed by atoms with E-state index in [0.717, 1.165) is 26.2 Å². The number of aliphatic hydroxyl groups excluding tert-OH is 1. The van der Waals surface area contributed by atoms with Gasteiger partial charge in [0.05, 0.1) is 12.6 Å². The summed E-state index contributed by atoms with van der Waals surface area (Å²) in [7, 11) is 0. The van der Waals surface area contributed by atoms with Gasteiger partial charge in [-0.1, -0.05) is 0 Å². The Morgan fingerprint density at radius 2 is 1.94 bits per heavy atom. The quantitative estimate of drug-likeness (QED) is 0.684. The van der Waals surface area contributed by atoms with Gasteiger partial charge in [0.1, 0.15) is 0 Å². The van der Waals surface area contributed by atoms with E-state index < -0.39 is 0 Å². The standard InChI is InChI=1S/C12H25N3O2/c1-10(2)15(8-9-16)12(17)11(3)14-6-4-13-5-7-14/h10-11,13,16H,4-9H2,1-3H3.